The van der Waals surface area contributed by atoms with Crippen LogP contribution in [-0.4, -0.2) is 30.1 Å². The summed E-state index contributed by atoms with van der Waals surface area (Å²) < 4.78 is 74.0. The fourth-order valence-corrected chi connectivity index (χ4v) is 5.39. The molecule has 1 aliphatic carbocycles. The molecule has 1 aliphatic rings. The van der Waals surface area contributed by atoms with Crippen LogP contribution in [0.2, 0.25) is 0 Å². The lowest BCUT2D eigenvalue weighted by atomic mass is 9.92. The number of sulfonamides is 1. The van der Waals surface area contributed by atoms with Gasteiger partial charge in [-0.05, 0) is 58.2 Å². The molecule has 2 aromatic heterocycles. The molecule has 1 aromatic carbocycles. The summed E-state index contributed by atoms with van der Waals surface area (Å²) >= 11 is 0. The highest BCUT2D eigenvalue weighted by molar-refractivity contribution is 7.89. The average Bonchev–Trinajstić information content (AvgIpc) is 2.98. The Bertz CT molecular complexity index is 1380. The van der Waals surface area contributed by atoms with Crippen LogP contribution in [0.15, 0.2) is 35.4 Å². The van der Waals surface area contributed by atoms with E-state index in [1.165, 1.54) is 24.4 Å². The van der Waals surface area contributed by atoms with Crippen LogP contribution >= 0.6 is 0 Å². The summed E-state index contributed by atoms with van der Waals surface area (Å²) in [6, 6.07) is 7.08. The molecule has 34 heavy (non-hydrogen) atoms. The number of pyridine rings is 1. The number of hydrogen-bond acceptors (Lipinski definition) is 5. The number of nitrogens with zero attached hydrogens (tertiary/aromatic N) is 3. The first kappa shape index (κ1) is 24.0. The molecule has 0 atom stereocenters. The number of ether oxygens (including phenoxy) is 1. The van der Waals surface area contributed by atoms with Crippen molar-refractivity contribution in [3.8, 4) is 23.2 Å². The highest BCUT2D eigenvalue weighted by Gasteiger charge is 2.30. The Morgan fingerprint density at radius 1 is 1.26 bits per heavy atom. The molecule has 1 fully saturated rings. The van der Waals surface area contributed by atoms with Gasteiger partial charge in [-0.25, -0.2) is 17.5 Å². The van der Waals surface area contributed by atoms with Crippen LogP contribution in [0.5, 0.6) is 5.75 Å². The normalized spacial score (nSPS) is 14.9. The Hall–Kier alpha value is -3.10. The highest BCUT2D eigenvalue weighted by Crippen LogP contribution is 2.43. The number of halogens is 3. The molecule has 3 aromatic rings. The predicted molar refractivity (Wildman–Crippen MR) is 119 cm³/mol. The number of benzene rings is 1. The second kappa shape index (κ2) is 8.60. The fraction of sp³-hybridized carbons (Fsp3) is 0.391. The van der Waals surface area contributed by atoms with E-state index in [1.54, 1.807) is 25.3 Å². The van der Waals surface area contributed by atoms with Gasteiger partial charge in [0, 0.05) is 29.2 Å². The lowest BCUT2D eigenvalue weighted by Crippen LogP contribution is -2.40. The summed E-state index contributed by atoms with van der Waals surface area (Å²) in [6.45, 7) is 1.95. The third-order valence-corrected chi connectivity index (χ3v) is 7.30. The summed E-state index contributed by atoms with van der Waals surface area (Å²) in [7, 11) is -3.82. The number of rotatable bonds is 6. The molecule has 7 nitrogen and oxygen atoms in total. The highest BCUT2D eigenvalue weighted by atomic mass is 32.2. The van der Waals surface area contributed by atoms with Crippen LogP contribution in [0.3, 0.4) is 0 Å². The van der Waals surface area contributed by atoms with E-state index < -0.39 is 33.7 Å². The lowest BCUT2D eigenvalue weighted by molar-refractivity contribution is -0.0521. The van der Waals surface area contributed by atoms with E-state index in [0.717, 1.165) is 25.3 Å². The first-order valence-corrected chi connectivity index (χ1v) is 12.1. The molecule has 0 amide bonds. The maximum absolute atomic E-state index is 14.5. The van der Waals surface area contributed by atoms with Gasteiger partial charge in [-0.15, -0.1) is 0 Å². The molecule has 0 saturated heterocycles. The first-order chi connectivity index (χ1) is 15.9. The minimum Gasteiger partial charge on any atom is -0.432 e. The largest absolute Gasteiger partial charge is 0.432 e. The molecule has 0 aliphatic heterocycles. The van der Waals surface area contributed by atoms with E-state index in [0.29, 0.717) is 16.9 Å². The summed E-state index contributed by atoms with van der Waals surface area (Å²) in [5, 5.41) is 10.2. The summed E-state index contributed by atoms with van der Waals surface area (Å²) in [5.41, 5.74) is 0.501. The van der Waals surface area contributed by atoms with Crippen molar-refractivity contribution < 1.29 is 26.3 Å². The van der Waals surface area contributed by atoms with Gasteiger partial charge in [0.1, 0.15) is 11.0 Å². The van der Waals surface area contributed by atoms with Crippen molar-refractivity contribution in [1.29, 1.82) is 5.26 Å². The number of aromatic nitrogens is 2. The Labute approximate surface area is 195 Å². The van der Waals surface area contributed by atoms with Crippen LogP contribution < -0.4 is 9.46 Å². The number of alkyl halides is 2. The van der Waals surface area contributed by atoms with Gasteiger partial charge >= 0.3 is 6.61 Å². The Kier molecular flexibility index (Phi) is 6.08. The zero-order chi connectivity index (χ0) is 24.8. The zero-order valence-electron chi connectivity index (χ0n) is 18.8. The minimum absolute atomic E-state index is 0.0442. The van der Waals surface area contributed by atoms with Crippen LogP contribution in [0.1, 0.15) is 51.6 Å². The molecule has 1 N–H and O–H groups in total. The molecule has 2 heterocycles. The Morgan fingerprint density at radius 3 is 2.47 bits per heavy atom. The van der Waals surface area contributed by atoms with Crippen molar-refractivity contribution in [3.63, 3.8) is 0 Å². The molecular weight excluding hydrogens is 469 g/mol. The van der Waals surface area contributed by atoms with Crippen molar-refractivity contribution in [2.75, 3.05) is 0 Å². The predicted octanol–water partition coefficient (Wildman–Crippen LogP) is 5.12. The fourth-order valence-electron chi connectivity index (χ4n) is 4.03. The molecule has 0 unspecified atom stereocenters. The van der Waals surface area contributed by atoms with Gasteiger partial charge in [0.15, 0.2) is 11.6 Å². The molecule has 0 radical (unpaired) electrons. The van der Waals surface area contributed by atoms with Crippen molar-refractivity contribution in [3.05, 3.63) is 41.8 Å². The van der Waals surface area contributed by atoms with Crippen LogP contribution in [-0.2, 0) is 10.0 Å². The number of fused-ring (bicyclic) bond motifs is 1. The van der Waals surface area contributed by atoms with E-state index in [9.17, 15) is 26.9 Å². The lowest BCUT2D eigenvalue weighted by Gasteiger charge is -2.30. The number of nitriles is 1. The van der Waals surface area contributed by atoms with Crippen LogP contribution in [0, 0.1) is 17.1 Å². The molecule has 11 heteroatoms. The Balaban J connectivity index is 1.89. The molecular formula is C23H23F3N4O3S. The van der Waals surface area contributed by atoms with Crippen LogP contribution in [0.4, 0.5) is 13.2 Å². The number of nitrogens with one attached hydrogen (secondary N) is 1. The van der Waals surface area contributed by atoms with Crippen molar-refractivity contribution in [1.82, 2.24) is 14.3 Å². The van der Waals surface area contributed by atoms with E-state index >= 15 is 0 Å². The minimum atomic E-state index is -3.82. The van der Waals surface area contributed by atoms with Crippen molar-refractivity contribution >= 4 is 20.9 Å². The molecule has 180 valence electrons. The van der Waals surface area contributed by atoms with Gasteiger partial charge in [-0.3, -0.25) is 4.98 Å². The third-order valence-electron chi connectivity index (χ3n) is 5.55. The quantitative estimate of drug-likeness (QED) is 0.515. The maximum Gasteiger partial charge on any atom is 0.387 e. The average molecular weight is 493 g/mol. The van der Waals surface area contributed by atoms with Crippen LogP contribution in [0.25, 0.3) is 22.3 Å². The van der Waals surface area contributed by atoms with E-state index in [4.69, 9.17) is 0 Å². The molecule has 0 bridgehead atoms. The Morgan fingerprint density at radius 2 is 1.97 bits per heavy atom. The van der Waals surface area contributed by atoms with Gasteiger partial charge in [0.25, 0.3) is 0 Å². The SMILES string of the molecule is CC(C)(C)NS(=O)(=O)c1ccc(-c2c(C#N)c3cc(F)c(OC(F)F)cc3n2C2CCC2)nc1. The van der Waals surface area contributed by atoms with E-state index in [1.807, 2.05) is 0 Å². The third kappa shape index (κ3) is 4.48. The van der Waals surface area contributed by atoms with Crippen molar-refractivity contribution in [2.45, 2.75) is 63.1 Å². The maximum atomic E-state index is 14.5. The molecule has 0 spiro atoms. The second-order valence-electron chi connectivity index (χ2n) is 9.20. The summed E-state index contributed by atoms with van der Waals surface area (Å²) in [5.74, 6) is -1.62. The second-order valence-corrected chi connectivity index (χ2v) is 10.9. The van der Waals surface area contributed by atoms with Gasteiger partial charge in [-0.1, -0.05) is 0 Å². The van der Waals surface area contributed by atoms with Gasteiger partial charge in [0.2, 0.25) is 10.0 Å². The number of hydrogen-bond donors (Lipinski definition) is 1. The van der Waals surface area contributed by atoms with E-state index in [-0.39, 0.29) is 21.9 Å². The topological polar surface area (TPSA) is 97.0 Å². The van der Waals surface area contributed by atoms with Gasteiger partial charge in [0.05, 0.1) is 22.5 Å². The summed E-state index contributed by atoms with van der Waals surface area (Å²) in [6.07, 6.45) is 3.70. The first-order valence-electron chi connectivity index (χ1n) is 10.6. The van der Waals surface area contributed by atoms with Crippen molar-refractivity contribution in [2.24, 2.45) is 0 Å². The van der Waals surface area contributed by atoms with Gasteiger partial charge < -0.3 is 9.30 Å². The smallest absolute Gasteiger partial charge is 0.387 e. The molecule has 4 rings (SSSR count). The monoisotopic (exact) mass is 492 g/mol. The zero-order valence-corrected chi connectivity index (χ0v) is 19.6. The molecule has 1 saturated carbocycles. The van der Waals surface area contributed by atoms with Gasteiger partial charge in [-0.2, -0.15) is 14.0 Å². The standard InChI is InChI=1S/C23H23F3N4O3S/c1-23(2,3)29-34(31,32)14-7-8-18(28-12-14)21-16(11-27)15-9-17(24)20(33-22(25)26)10-19(15)30(21)13-5-4-6-13/h7-10,12-13,22,29H,4-6H2,1-3H3. The summed E-state index contributed by atoms with van der Waals surface area (Å²) in [4.78, 5) is 4.26. The van der Waals surface area contributed by atoms with E-state index in [2.05, 4.69) is 20.5 Å².